The Hall–Kier alpha value is -3.20. The lowest BCUT2D eigenvalue weighted by Gasteiger charge is -2.30. The maximum absolute atomic E-state index is 12.4. The first-order valence-electron chi connectivity index (χ1n) is 12.1. The second-order valence-electron chi connectivity index (χ2n) is 8.20. The zero-order valence-corrected chi connectivity index (χ0v) is 21.2. The predicted molar refractivity (Wildman–Crippen MR) is 140 cm³/mol. The van der Waals surface area contributed by atoms with E-state index in [1.165, 1.54) is 16.1 Å². The van der Waals surface area contributed by atoms with Crippen LogP contribution < -0.4 is 5.32 Å². The summed E-state index contributed by atoms with van der Waals surface area (Å²) in [7, 11) is 1.84. The molecule has 0 unspecified atom stereocenters. The van der Waals surface area contributed by atoms with Gasteiger partial charge in [-0.3, -0.25) is 0 Å². The highest BCUT2D eigenvalue weighted by Crippen LogP contribution is 2.30. The van der Waals surface area contributed by atoms with Crippen molar-refractivity contribution in [3.8, 4) is 0 Å². The Balaban J connectivity index is 0.00000133. The first-order chi connectivity index (χ1) is 16.6. The standard InChI is InChI=1S/C23H27N7OS.C2H6/c1-3-29(2)23(31)30-9-7-15(8-10-30)19-12-17-21(24-13-25-22(17)28-19)27-16-5-4-6-18-20(11-16)32-14-26-18;1-2/h7,11-14H,3-6,8-10H2,1-2H3,(H2,24,25,27,28);1-2H3. The molecule has 5 rings (SSSR count). The summed E-state index contributed by atoms with van der Waals surface area (Å²) < 4.78 is 0. The van der Waals surface area contributed by atoms with E-state index in [0.717, 1.165) is 53.9 Å². The monoisotopic (exact) mass is 479 g/mol. The van der Waals surface area contributed by atoms with Crippen molar-refractivity contribution in [3.05, 3.63) is 45.9 Å². The van der Waals surface area contributed by atoms with Crippen LogP contribution in [0.3, 0.4) is 0 Å². The molecule has 0 fully saturated rings. The molecule has 2 aliphatic rings. The normalized spacial score (nSPS) is 15.5. The number of hydrogen-bond donors (Lipinski definition) is 2. The molecule has 0 atom stereocenters. The van der Waals surface area contributed by atoms with E-state index >= 15 is 0 Å². The van der Waals surface area contributed by atoms with Gasteiger partial charge < -0.3 is 20.1 Å². The van der Waals surface area contributed by atoms with Gasteiger partial charge in [0.25, 0.3) is 0 Å². The number of nitrogens with one attached hydrogen (secondary N) is 2. The summed E-state index contributed by atoms with van der Waals surface area (Å²) in [6.45, 7) is 8.03. The van der Waals surface area contributed by atoms with Gasteiger partial charge in [-0.1, -0.05) is 19.9 Å². The number of H-pyrrole nitrogens is 1. The Kier molecular flexibility index (Phi) is 7.62. The van der Waals surface area contributed by atoms with E-state index in [4.69, 9.17) is 0 Å². The average molecular weight is 480 g/mol. The van der Waals surface area contributed by atoms with Crippen LogP contribution in [0.25, 0.3) is 22.7 Å². The molecule has 0 spiro atoms. The Morgan fingerprint density at radius 1 is 1.24 bits per heavy atom. The van der Waals surface area contributed by atoms with E-state index in [9.17, 15) is 4.79 Å². The Bertz CT molecular complexity index is 1210. The number of aromatic amines is 1. The minimum atomic E-state index is 0.0811. The third kappa shape index (κ3) is 4.99. The third-order valence-electron chi connectivity index (χ3n) is 6.17. The predicted octanol–water partition coefficient (Wildman–Crippen LogP) is 5.39. The van der Waals surface area contributed by atoms with Crippen molar-refractivity contribution >= 4 is 45.9 Å². The summed E-state index contributed by atoms with van der Waals surface area (Å²) in [6.07, 6.45) is 9.78. The molecule has 0 radical (unpaired) electrons. The van der Waals surface area contributed by atoms with Crippen molar-refractivity contribution in [2.75, 3.05) is 32.0 Å². The van der Waals surface area contributed by atoms with Gasteiger partial charge in [0.15, 0.2) is 0 Å². The van der Waals surface area contributed by atoms with Crippen molar-refractivity contribution in [2.24, 2.45) is 0 Å². The summed E-state index contributed by atoms with van der Waals surface area (Å²) in [5.41, 5.74) is 7.32. The van der Waals surface area contributed by atoms with Crippen molar-refractivity contribution in [3.63, 3.8) is 0 Å². The maximum Gasteiger partial charge on any atom is 0.320 e. The van der Waals surface area contributed by atoms with Crippen LogP contribution in [0, 0.1) is 0 Å². The largest absolute Gasteiger partial charge is 0.343 e. The molecule has 180 valence electrons. The van der Waals surface area contributed by atoms with Crippen LogP contribution in [0.4, 0.5) is 10.6 Å². The molecule has 8 nitrogen and oxygen atoms in total. The van der Waals surface area contributed by atoms with E-state index in [-0.39, 0.29) is 6.03 Å². The molecule has 0 aromatic carbocycles. The van der Waals surface area contributed by atoms with E-state index in [0.29, 0.717) is 19.6 Å². The van der Waals surface area contributed by atoms with Gasteiger partial charge in [-0.15, -0.1) is 11.3 Å². The average Bonchev–Trinajstić information content (AvgIpc) is 3.47. The molecule has 0 saturated carbocycles. The molecule has 4 heterocycles. The zero-order valence-electron chi connectivity index (χ0n) is 20.4. The lowest BCUT2D eigenvalue weighted by molar-refractivity contribution is 0.169. The van der Waals surface area contributed by atoms with Crippen LogP contribution in [0.5, 0.6) is 0 Å². The van der Waals surface area contributed by atoms with Crippen molar-refractivity contribution in [2.45, 2.75) is 46.5 Å². The minimum Gasteiger partial charge on any atom is -0.343 e. The number of aryl methyl sites for hydroxylation is 1. The summed E-state index contributed by atoms with van der Waals surface area (Å²) in [5.74, 6) is 0.814. The van der Waals surface area contributed by atoms with Gasteiger partial charge in [0.1, 0.15) is 17.8 Å². The molecule has 3 aromatic heterocycles. The van der Waals surface area contributed by atoms with Gasteiger partial charge in [0.2, 0.25) is 0 Å². The SMILES string of the molecule is CC.CCN(C)C(=O)N1CC=C(c2cc3c(NC4=Cc5scnc5CCC4)ncnc3[nH]2)CC1. The van der Waals surface area contributed by atoms with Gasteiger partial charge in [0.05, 0.1) is 21.5 Å². The summed E-state index contributed by atoms with van der Waals surface area (Å²) in [5, 5.41) is 4.52. The number of carbonyl (C=O) groups excluding carboxylic acids is 1. The first-order valence-corrected chi connectivity index (χ1v) is 12.9. The van der Waals surface area contributed by atoms with E-state index in [2.05, 4.69) is 43.5 Å². The number of thiazole rings is 1. The molecular formula is C25H33N7OS. The van der Waals surface area contributed by atoms with Crippen LogP contribution in [-0.4, -0.2) is 62.4 Å². The van der Waals surface area contributed by atoms with Gasteiger partial charge in [0, 0.05) is 38.1 Å². The van der Waals surface area contributed by atoms with Gasteiger partial charge in [-0.25, -0.2) is 19.7 Å². The zero-order chi connectivity index (χ0) is 24.1. The van der Waals surface area contributed by atoms with Crippen molar-refractivity contribution in [1.82, 2.24) is 29.7 Å². The Morgan fingerprint density at radius 3 is 2.85 bits per heavy atom. The molecule has 0 saturated heterocycles. The number of nitrogens with zero attached hydrogens (tertiary/aromatic N) is 5. The molecular weight excluding hydrogens is 446 g/mol. The quantitative estimate of drug-likeness (QED) is 0.524. The summed E-state index contributed by atoms with van der Waals surface area (Å²) in [4.78, 5) is 34.2. The summed E-state index contributed by atoms with van der Waals surface area (Å²) >= 11 is 1.68. The fraction of sp³-hybridized carbons (Fsp3) is 0.440. The number of allylic oxidation sites excluding steroid dienone is 1. The highest BCUT2D eigenvalue weighted by atomic mass is 32.1. The molecule has 9 heteroatoms. The lowest BCUT2D eigenvalue weighted by atomic mass is 10.1. The third-order valence-corrected chi connectivity index (χ3v) is 6.99. The van der Waals surface area contributed by atoms with Crippen LogP contribution in [-0.2, 0) is 6.42 Å². The Morgan fingerprint density at radius 2 is 2.09 bits per heavy atom. The van der Waals surface area contributed by atoms with E-state index in [1.54, 1.807) is 22.6 Å². The van der Waals surface area contributed by atoms with Gasteiger partial charge in [-0.05, 0) is 50.3 Å². The van der Waals surface area contributed by atoms with Gasteiger partial charge in [-0.2, -0.15) is 0 Å². The number of hydrogen-bond acceptors (Lipinski definition) is 6. The van der Waals surface area contributed by atoms with E-state index in [1.807, 2.05) is 38.2 Å². The van der Waals surface area contributed by atoms with Crippen LogP contribution >= 0.6 is 11.3 Å². The highest BCUT2D eigenvalue weighted by Gasteiger charge is 2.21. The second-order valence-corrected chi connectivity index (χ2v) is 9.09. The molecule has 3 aromatic rings. The van der Waals surface area contributed by atoms with Crippen molar-refractivity contribution in [1.29, 1.82) is 0 Å². The number of anilines is 1. The van der Waals surface area contributed by atoms with Crippen LogP contribution in [0.1, 0.15) is 56.3 Å². The molecule has 1 aliphatic heterocycles. The number of carbonyl (C=O) groups is 1. The molecule has 0 bridgehead atoms. The fourth-order valence-electron chi connectivity index (χ4n) is 4.19. The topological polar surface area (TPSA) is 90.0 Å². The molecule has 1 aliphatic carbocycles. The van der Waals surface area contributed by atoms with Crippen LogP contribution in [0.15, 0.2) is 29.7 Å². The highest BCUT2D eigenvalue weighted by molar-refractivity contribution is 7.10. The van der Waals surface area contributed by atoms with Crippen LogP contribution in [0.2, 0.25) is 0 Å². The van der Waals surface area contributed by atoms with Gasteiger partial charge >= 0.3 is 6.03 Å². The molecule has 34 heavy (non-hydrogen) atoms. The second kappa shape index (κ2) is 10.8. The Labute approximate surface area is 204 Å². The van der Waals surface area contributed by atoms with E-state index < -0.39 is 0 Å². The molecule has 2 N–H and O–H groups in total. The minimum absolute atomic E-state index is 0.0811. The summed E-state index contributed by atoms with van der Waals surface area (Å²) in [6, 6.07) is 2.20. The number of amides is 2. The lowest BCUT2D eigenvalue weighted by Crippen LogP contribution is -2.43. The fourth-order valence-corrected chi connectivity index (χ4v) is 4.98. The maximum atomic E-state index is 12.4. The number of aromatic nitrogens is 4. The molecule has 2 amide bonds. The number of fused-ring (bicyclic) bond motifs is 2. The number of rotatable bonds is 4. The van der Waals surface area contributed by atoms with Crippen molar-refractivity contribution < 1.29 is 4.79 Å². The smallest absolute Gasteiger partial charge is 0.320 e. The first kappa shape index (κ1) is 23.9. The number of urea groups is 1.